The van der Waals surface area contributed by atoms with Gasteiger partial charge in [0.1, 0.15) is 0 Å². The van der Waals surface area contributed by atoms with Gasteiger partial charge >= 0.3 is 6.18 Å². The van der Waals surface area contributed by atoms with Gasteiger partial charge in [-0.25, -0.2) is 0 Å². The van der Waals surface area contributed by atoms with Gasteiger partial charge in [-0.15, -0.1) is 10.2 Å². The van der Waals surface area contributed by atoms with Crippen LogP contribution < -0.4 is 4.90 Å². The van der Waals surface area contributed by atoms with Gasteiger partial charge in [0.25, 0.3) is 0 Å². The second kappa shape index (κ2) is 9.72. The molecule has 1 atom stereocenters. The zero-order valence-corrected chi connectivity index (χ0v) is 21.8. The van der Waals surface area contributed by atoms with Gasteiger partial charge in [-0.3, -0.25) is 14.5 Å². The molecule has 1 amide bonds. The summed E-state index contributed by atoms with van der Waals surface area (Å²) in [6.07, 6.45) is -3.29. The highest BCUT2D eigenvalue weighted by atomic mass is 32.2. The maximum absolute atomic E-state index is 13.5. The molecule has 0 spiro atoms. The van der Waals surface area contributed by atoms with E-state index in [1.165, 1.54) is 29.2 Å². The molecule has 37 heavy (non-hydrogen) atoms. The Hall–Kier alpha value is -2.98. The van der Waals surface area contributed by atoms with Crippen molar-refractivity contribution < 1.29 is 22.8 Å². The minimum absolute atomic E-state index is 0.0428. The van der Waals surface area contributed by atoms with Crippen LogP contribution in [0.25, 0.3) is 0 Å². The summed E-state index contributed by atoms with van der Waals surface area (Å²) in [4.78, 5) is 28.4. The monoisotopic (exact) mass is 543 g/mol. The third-order valence-electron chi connectivity index (χ3n) is 6.55. The maximum Gasteiger partial charge on any atom is 0.416 e. The lowest BCUT2D eigenvalue weighted by Crippen LogP contribution is -2.43. The van der Waals surface area contributed by atoms with Crippen molar-refractivity contribution in [2.24, 2.45) is 5.41 Å². The predicted molar refractivity (Wildman–Crippen MR) is 137 cm³/mol. The van der Waals surface area contributed by atoms with Gasteiger partial charge in [0, 0.05) is 35.8 Å². The SMILES string of the molecule is CC1(C)CC(=O)C2=C(C1)N(c1nnc(SCc3cccc(C(F)(F)F)c3)s1)C(=O)CC2c1ccccc1. The molecule has 192 valence electrons. The fourth-order valence-corrected chi connectivity index (χ4v) is 6.77. The molecular formula is C27H24F3N3O2S2. The lowest BCUT2D eigenvalue weighted by molar-refractivity contribution is -0.137. The van der Waals surface area contributed by atoms with Crippen LogP contribution in [-0.2, 0) is 21.5 Å². The first kappa shape index (κ1) is 25.7. The molecule has 10 heteroatoms. The van der Waals surface area contributed by atoms with Gasteiger partial charge < -0.3 is 0 Å². The third-order valence-corrected chi connectivity index (χ3v) is 8.66. The molecule has 5 rings (SSSR count). The zero-order valence-electron chi connectivity index (χ0n) is 20.2. The number of hydrogen-bond acceptors (Lipinski definition) is 6. The van der Waals surface area contributed by atoms with Crippen molar-refractivity contribution >= 4 is 39.9 Å². The molecule has 0 fully saturated rings. The summed E-state index contributed by atoms with van der Waals surface area (Å²) in [5, 5.41) is 8.81. The van der Waals surface area contributed by atoms with Crippen LogP contribution in [0.3, 0.4) is 0 Å². The van der Waals surface area contributed by atoms with Crippen LogP contribution in [0.5, 0.6) is 0 Å². The molecule has 3 aromatic rings. The standard InChI is InChI=1S/C27H24F3N3O2S2/c1-26(2)13-20-23(21(34)14-26)19(17-8-4-3-5-9-17)12-22(35)33(20)24-31-32-25(37-24)36-15-16-7-6-10-18(11-16)27(28,29)30/h3-11,19H,12-15H2,1-2H3. The van der Waals surface area contributed by atoms with Crippen molar-refractivity contribution in [3.05, 3.63) is 82.6 Å². The number of halogens is 3. The summed E-state index contributed by atoms with van der Waals surface area (Å²) >= 11 is 2.47. The highest BCUT2D eigenvalue weighted by Gasteiger charge is 2.45. The first-order chi connectivity index (χ1) is 17.5. The number of Topliss-reactive ketones (excluding diaryl/α,β-unsaturated/α-hetero) is 1. The first-order valence-corrected chi connectivity index (χ1v) is 13.6. The second-order valence-corrected chi connectivity index (χ2v) is 12.2. The van der Waals surface area contributed by atoms with E-state index in [0.29, 0.717) is 39.1 Å². The Morgan fingerprint density at radius 2 is 1.81 bits per heavy atom. The van der Waals surface area contributed by atoms with Crippen LogP contribution in [0.4, 0.5) is 18.3 Å². The lowest BCUT2D eigenvalue weighted by Gasteiger charge is -2.41. The quantitative estimate of drug-likeness (QED) is 0.256. The number of allylic oxidation sites excluding steroid dienone is 2. The predicted octanol–water partition coefficient (Wildman–Crippen LogP) is 7.01. The summed E-state index contributed by atoms with van der Waals surface area (Å²) in [7, 11) is 0. The molecule has 1 unspecified atom stereocenters. The van der Waals surface area contributed by atoms with Crippen LogP contribution in [-0.4, -0.2) is 21.9 Å². The van der Waals surface area contributed by atoms with Crippen molar-refractivity contribution in [3.8, 4) is 0 Å². The summed E-state index contributed by atoms with van der Waals surface area (Å²) < 4.78 is 39.7. The number of ketones is 1. The minimum Gasteiger partial charge on any atom is -0.294 e. The summed E-state index contributed by atoms with van der Waals surface area (Å²) in [5.41, 5.74) is 1.79. The number of amides is 1. The van der Waals surface area contributed by atoms with Crippen LogP contribution in [0.1, 0.15) is 55.7 Å². The van der Waals surface area contributed by atoms with Gasteiger partial charge in [-0.2, -0.15) is 13.2 Å². The molecule has 2 heterocycles. The number of thioether (sulfide) groups is 1. The Morgan fingerprint density at radius 3 is 2.54 bits per heavy atom. The van der Waals surface area contributed by atoms with Gasteiger partial charge in [-0.05, 0) is 29.0 Å². The largest absolute Gasteiger partial charge is 0.416 e. The molecule has 2 aliphatic rings. The Bertz CT molecular complexity index is 1380. The minimum atomic E-state index is -4.40. The second-order valence-electron chi connectivity index (χ2n) is 10.0. The molecule has 2 aromatic carbocycles. The summed E-state index contributed by atoms with van der Waals surface area (Å²) in [6.45, 7) is 4.03. The van der Waals surface area contributed by atoms with Gasteiger partial charge in [0.15, 0.2) is 10.1 Å². The van der Waals surface area contributed by atoms with E-state index in [4.69, 9.17) is 0 Å². The number of aromatic nitrogens is 2. The van der Waals surface area contributed by atoms with E-state index >= 15 is 0 Å². The summed E-state index contributed by atoms with van der Waals surface area (Å²) in [5.74, 6) is -0.127. The van der Waals surface area contributed by atoms with E-state index in [1.807, 2.05) is 44.2 Å². The van der Waals surface area contributed by atoms with E-state index in [9.17, 15) is 22.8 Å². The fourth-order valence-electron chi connectivity index (χ4n) is 4.94. The van der Waals surface area contributed by atoms with Crippen molar-refractivity contribution in [1.29, 1.82) is 0 Å². The number of alkyl halides is 3. The van der Waals surface area contributed by atoms with Crippen molar-refractivity contribution in [1.82, 2.24) is 10.2 Å². The average Bonchev–Trinajstić information content (AvgIpc) is 3.30. The molecule has 0 saturated heterocycles. The van der Waals surface area contributed by atoms with Crippen LogP contribution in [0, 0.1) is 5.41 Å². The van der Waals surface area contributed by atoms with Crippen molar-refractivity contribution in [2.45, 2.75) is 55.3 Å². The third kappa shape index (κ3) is 5.36. The number of rotatable bonds is 5. The van der Waals surface area contributed by atoms with E-state index in [1.54, 1.807) is 11.0 Å². The molecule has 1 aliphatic carbocycles. The Kier molecular flexibility index (Phi) is 6.74. The number of hydrogen-bond donors (Lipinski definition) is 0. The normalized spacial score (nSPS) is 19.8. The van der Waals surface area contributed by atoms with Gasteiger partial charge in [0.2, 0.25) is 11.0 Å². The van der Waals surface area contributed by atoms with E-state index in [0.717, 1.165) is 17.7 Å². The Morgan fingerprint density at radius 1 is 1.05 bits per heavy atom. The Labute approximate surface area is 220 Å². The number of carbonyl (C=O) groups excluding carboxylic acids is 2. The molecular weight excluding hydrogens is 519 g/mol. The van der Waals surface area contributed by atoms with E-state index in [2.05, 4.69) is 10.2 Å². The number of anilines is 1. The highest BCUT2D eigenvalue weighted by Crippen LogP contribution is 2.48. The fraction of sp³-hybridized carbons (Fsp3) is 0.333. The summed E-state index contributed by atoms with van der Waals surface area (Å²) in [6, 6.07) is 14.8. The molecule has 0 N–H and O–H groups in total. The smallest absolute Gasteiger partial charge is 0.294 e. The number of nitrogens with zero attached hydrogens (tertiary/aromatic N) is 3. The average molecular weight is 544 g/mol. The van der Waals surface area contributed by atoms with E-state index < -0.39 is 11.7 Å². The topological polar surface area (TPSA) is 63.2 Å². The molecule has 0 radical (unpaired) electrons. The molecule has 1 aromatic heterocycles. The molecule has 0 bridgehead atoms. The van der Waals surface area contributed by atoms with Gasteiger partial charge in [-0.1, -0.05) is 85.5 Å². The maximum atomic E-state index is 13.5. The molecule has 0 saturated carbocycles. The zero-order chi connectivity index (χ0) is 26.4. The van der Waals surface area contributed by atoms with Crippen LogP contribution in [0.15, 0.2) is 70.2 Å². The Balaban J connectivity index is 1.44. The first-order valence-electron chi connectivity index (χ1n) is 11.8. The molecule has 5 nitrogen and oxygen atoms in total. The van der Waals surface area contributed by atoms with Crippen LogP contribution in [0.2, 0.25) is 0 Å². The number of benzene rings is 2. The number of carbonyl (C=O) groups is 2. The lowest BCUT2D eigenvalue weighted by atomic mass is 9.69. The molecule has 1 aliphatic heterocycles. The van der Waals surface area contributed by atoms with E-state index in [-0.39, 0.29) is 35.2 Å². The highest BCUT2D eigenvalue weighted by molar-refractivity contribution is 8.00. The van der Waals surface area contributed by atoms with Crippen molar-refractivity contribution in [3.63, 3.8) is 0 Å². The van der Waals surface area contributed by atoms with Crippen molar-refractivity contribution in [2.75, 3.05) is 4.90 Å². The van der Waals surface area contributed by atoms with Crippen LogP contribution >= 0.6 is 23.1 Å². The van der Waals surface area contributed by atoms with Gasteiger partial charge in [0.05, 0.1) is 5.56 Å².